The van der Waals surface area contributed by atoms with Crippen LogP contribution in [0.1, 0.15) is 25.7 Å². The fraction of sp³-hybridized carbons (Fsp3) is 0.636. The first kappa shape index (κ1) is 9.44. The number of ketones is 1. The highest BCUT2D eigenvalue weighted by Crippen LogP contribution is 2.52. The summed E-state index contributed by atoms with van der Waals surface area (Å²) in [5, 5.41) is 0. The number of fused-ring (bicyclic) bond motifs is 2. The Labute approximate surface area is 83.1 Å². The zero-order chi connectivity index (χ0) is 10.3. The maximum Gasteiger partial charge on any atom is 0.323 e. The maximum absolute atomic E-state index is 11.8. The summed E-state index contributed by atoms with van der Waals surface area (Å²) in [7, 11) is 1.33. The number of carbonyl (C=O) groups is 2. The number of Topliss-reactive ketones (excluding diaryl/α,β-unsaturated/α-hetero) is 1. The molecule has 2 unspecified atom stereocenters. The van der Waals surface area contributed by atoms with Gasteiger partial charge in [0.05, 0.1) is 7.11 Å². The topological polar surface area (TPSA) is 43.4 Å². The number of carbonyl (C=O) groups excluding carboxylic acids is 2. The lowest BCUT2D eigenvalue weighted by Gasteiger charge is -2.29. The van der Waals surface area contributed by atoms with E-state index in [-0.39, 0.29) is 5.78 Å². The average molecular weight is 194 g/mol. The Hall–Kier alpha value is -1.12. The van der Waals surface area contributed by atoms with Crippen molar-refractivity contribution in [2.45, 2.75) is 25.7 Å². The SMILES string of the molecule is C=C1CC2CCC(=O)C1(C(=O)OC)C2. The lowest BCUT2D eigenvalue weighted by molar-refractivity contribution is -0.156. The minimum atomic E-state index is -0.975. The van der Waals surface area contributed by atoms with Crippen molar-refractivity contribution in [3.05, 3.63) is 12.2 Å². The molecule has 0 radical (unpaired) electrons. The van der Waals surface area contributed by atoms with Crippen LogP contribution in [0.25, 0.3) is 0 Å². The smallest absolute Gasteiger partial charge is 0.323 e. The van der Waals surface area contributed by atoms with E-state index >= 15 is 0 Å². The lowest BCUT2D eigenvalue weighted by atomic mass is 9.73. The molecule has 2 aliphatic carbocycles. The van der Waals surface area contributed by atoms with Crippen molar-refractivity contribution in [2.75, 3.05) is 7.11 Å². The van der Waals surface area contributed by atoms with Crippen LogP contribution >= 0.6 is 0 Å². The van der Waals surface area contributed by atoms with E-state index in [1.165, 1.54) is 7.11 Å². The van der Waals surface area contributed by atoms with Crippen LogP contribution in [0.15, 0.2) is 12.2 Å². The van der Waals surface area contributed by atoms with Crippen LogP contribution in [-0.2, 0) is 14.3 Å². The Morgan fingerprint density at radius 3 is 3.00 bits per heavy atom. The van der Waals surface area contributed by atoms with Gasteiger partial charge in [-0.3, -0.25) is 9.59 Å². The Bertz CT molecular complexity index is 295. The molecule has 2 atom stereocenters. The van der Waals surface area contributed by atoms with Crippen molar-refractivity contribution in [1.82, 2.24) is 0 Å². The second-order valence-electron chi connectivity index (χ2n) is 4.24. The van der Waals surface area contributed by atoms with Gasteiger partial charge >= 0.3 is 5.97 Å². The molecule has 2 rings (SSSR count). The van der Waals surface area contributed by atoms with Crippen LogP contribution in [0, 0.1) is 11.3 Å². The number of hydrogen-bond acceptors (Lipinski definition) is 3. The Morgan fingerprint density at radius 1 is 1.64 bits per heavy atom. The van der Waals surface area contributed by atoms with Crippen molar-refractivity contribution in [1.29, 1.82) is 0 Å². The van der Waals surface area contributed by atoms with E-state index in [1.54, 1.807) is 0 Å². The van der Waals surface area contributed by atoms with Crippen LogP contribution < -0.4 is 0 Å². The van der Waals surface area contributed by atoms with E-state index in [0.717, 1.165) is 18.4 Å². The molecule has 14 heavy (non-hydrogen) atoms. The second-order valence-corrected chi connectivity index (χ2v) is 4.24. The van der Waals surface area contributed by atoms with Crippen LogP contribution in [0.3, 0.4) is 0 Å². The minimum absolute atomic E-state index is 0.00287. The highest BCUT2D eigenvalue weighted by molar-refractivity contribution is 6.08. The molecule has 2 fully saturated rings. The Morgan fingerprint density at radius 2 is 2.36 bits per heavy atom. The van der Waals surface area contributed by atoms with E-state index < -0.39 is 11.4 Å². The van der Waals surface area contributed by atoms with Crippen LogP contribution in [0.4, 0.5) is 0 Å². The van der Waals surface area contributed by atoms with Gasteiger partial charge in [0.25, 0.3) is 0 Å². The quantitative estimate of drug-likeness (QED) is 0.360. The maximum atomic E-state index is 11.8. The predicted molar refractivity (Wildman–Crippen MR) is 50.6 cm³/mol. The molecule has 0 aliphatic heterocycles. The van der Waals surface area contributed by atoms with E-state index in [2.05, 4.69) is 6.58 Å². The number of hydrogen-bond donors (Lipinski definition) is 0. The molecule has 0 saturated heterocycles. The molecular formula is C11H14O3. The highest BCUT2D eigenvalue weighted by atomic mass is 16.5. The zero-order valence-corrected chi connectivity index (χ0v) is 8.34. The van der Waals surface area contributed by atoms with Gasteiger partial charge in [-0.05, 0) is 25.2 Å². The molecule has 0 aromatic rings. The van der Waals surface area contributed by atoms with Gasteiger partial charge in [-0.2, -0.15) is 0 Å². The van der Waals surface area contributed by atoms with E-state index in [1.807, 2.05) is 0 Å². The van der Waals surface area contributed by atoms with Gasteiger partial charge in [0, 0.05) is 6.42 Å². The number of methoxy groups -OCH3 is 1. The second kappa shape index (κ2) is 2.94. The molecule has 0 aromatic carbocycles. The number of esters is 1. The van der Waals surface area contributed by atoms with Crippen molar-refractivity contribution < 1.29 is 14.3 Å². The van der Waals surface area contributed by atoms with Crippen molar-refractivity contribution in [3.8, 4) is 0 Å². The Balaban J connectivity index is 2.42. The van der Waals surface area contributed by atoms with Gasteiger partial charge in [-0.15, -0.1) is 0 Å². The fourth-order valence-corrected chi connectivity index (χ4v) is 2.75. The van der Waals surface area contributed by atoms with Crippen LogP contribution in [0.5, 0.6) is 0 Å². The summed E-state index contributed by atoms with van der Waals surface area (Å²) in [6.07, 6.45) is 2.83. The first-order valence-corrected chi connectivity index (χ1v) is 4.91. The summed E-state index contributed by atoms with van der Waals surface area (Å²) in [5.74, 6) is 0.0529. The third kappa shape index (κ3) is 0.982. The summed E-state index contributed by atoms with van der Waals surface area (Å²) >= 11 is 0. The average Bonchev–Trinajstić information content (AvgIpc) is 2.46. The molecule has 0 spiro atoms. The van der Waals surface area contributed by atoms with Gasteiger partial charge in [-0.1, -0.05) is 12.2 Å². The third-order valence-corrected chi connectivity index (χ3v) is 3.52. The molecule has 0 amide bonds. The van der Waals surface area contributed by atoms with Crippen LogP contribution in [-0.4, -0.2) is 18.9 Å². The summed E-state index contributed by atoms with van der Waals surface area (Å²) in [5.41, 5.74) is -0.214. The molecule has 2 aliphatic rings. The van der Waals surface area contributed by atoms with Crippen molar-refractivity contribution in [3.63, 3.8) is 0 Å². The first-order valence-electron chi connectivity index (χ1n) is 4.91. The van der Waals surface area contributed by atoms with E-state index in [0.29, 0.717) is 18.8 Å². The number of rotatable bonds is 1. The normalized spacial score (nSPS) is 35.9. The third-order valence-electron chi connectivity index (χ3n) is 3.52. The monoisotopic (exact) mass is 194 g/mol. The van der Waals surface area contributed by atoms with E-state index in [4.69, 9.17) is 4.74 Å². The fourth-order valence-electron chi connectivity index (χ4n) is 2.75. The Kier molecular flexibility index (Phi) is 1.98. The molecule has 0 heterocycles. The van der Waals surface area contributed by atoms with Gasteiger partial charge in [0.15, 0.2) is 5.78 Å². The minimum Gasteiger partial charge on any atom is -0.468 e. The summed E-state index contributed by atoms with van der Waals surface area (Å²) in [4.78, 5) is 23.5. The predicted octanol–water partition coefficient (Wildman–Crippen LogP) is 1.47. The summed E-state index contributed by atoms with van der Waals surface area (Å²) in [6.45, 7) is 3.87. The van der Waals surface area contributed by atoms with E-state index in [9.17, 15) is 9.59 Å². The molecule has 0 N–H and O–H groups in total. The van der Waals surface area contributed by atoms with Gasteiger partial charge < -0.3 is 4.74 Å². The number of ether oxygens (including phenoxy) is 1. The zero-order valence-electron chi connectivity index (χ0n) is 8.34. The van der Waals surface area contributed by atoms with Gasteiger partial charge in [-0.25, -0.2) is 0 Å². The van der Waals surface area contributed by atoms with Crippen molar-refractivity contribution in [2.24, 2.45) is 11.3 Å². The molecule has 3 heteroatoms. The summed E-state index contributed by atoms with van der Waals surface area (Å²) in [6, 6.07) is 0. The molecule has 76 valence electrons. The summed E-state index contributed by atoms with van der Waals surface area (Å²) < 4.78 is 4.73. The molecule has 0 aromatic heterocycles. The first-order chi connectivity index (χ1) is 6.61. The van der Waals surface area contributed by atoms with Gasteiger partial charge in [0.1, 0.15) is 5.41 Å². The lowest BCUT2D eigenvalue weighted by Crippen LogP contribution is -2.41. The van der Waals surface area contributed by atoms with Crippen molar-refractivity contribution >= 4 is 11.8 Å². The highest BCUT2D eigenvalue weighted by Gasteiger charge is 2.56. The van der Waals surface area contributed by atoms with Gasteiger partial charge in [0.2, 0.25) is 0 Å². The molecule has 2 saturated carbocycles. The van der Waals surface area contributed by atoms with Crippen LogP contribution in [0.2, 0.25) is 0 Å². The standard InChI is InChI=1S/C11H14O3/c1-7-5-8-3-4-9(12)11(7,6-8)10(13)14-2/h8H,1,3-6H2,2H3. The molecular weight excluding hydrogens is 180 g/mol. The largest absolute Gasteiger partial charge is 0.468 e. The molecule has 3 nitrogen and oxygen atoms in total. The molecule has 2 bridgehead atoms.